The van der Waals surface area contributed by atoms with Crippen LogP contribution in [0.25, 0.3) is 22.2 Å². The molecule has 25 heavy (non-hydrogen) atoms. The number of hydrogen-bond donors (Lipinski definition) is 2. The third kappa shape index (κ3) is 2.61. The highest BCUT2D eigenvalue weighted by Crippen LogP contribution is 2.49. The first kappa shape index (κ1) is 15.8. The number of carbonyl (C=O) groups is 1. The molecule has 3 aromatic rings. The Morgan fingerprint density at radius 1 is 1.24 bits per heavy atom. The van der Waals surface area contributed by atoms with Gasteiger partial charge in [-0.2, -0.15) is 0 Å². The summed E-state index contributed by atoms with van der Waals surface area (Å²) >= 11 is 6.38. The largest absolute Gasteiger partial charge is 0.505 e. The van der Waals surface area contributed by atoms with Gasteiger partial charge in [0.1, 0.15) is 5.52 Å². The van der Waals surface area contributed by atoms with E-state index in [0.717, 1.165) is 18.4 Å². The number of nitrogens with zero attached hydrogens (tertiary/aromatic N) is 2. The molecule has 5 nitrogen and oxygen atoms in total. The summed E-state index contributed by atoms with van der Waals surface area (Å²) in [5.41, 5.74) is 7.46. The van der Waals surface area contributed by atoms with E-state index in [0.29, 0.717) is 33.6 Å². The summed E-state index contributed by atoms with van der Waals surface area (Å²) in [6.45, 7) is 0. The van der Waals surface area contributed by atoms with E-state index < -0.39 is 5.41 Å². The maximum Gasteiger partial charge on any atom is 0.223 e. The van der Waals surface area contributed by atoms with Gasteiger partial charge >= 0.3 is 0 Å². The number of amides is 1. The number of aromatic nitrogens is 2. The fourth-order valence-electron chi connectivity index (χ4n) is 3.22. The predicted molar refractivity (Wildman–Crippen MR) is 96.2 cm³/mol. The van der Waals surface area contributed by atoms with E-state index >= 15 is 0 Å². The van der Waals surface area contributed by atoms with Gasteiger partial charge < -0.3 is 10.8 Å². The molecule has 1 aliphatic rings. The zero-order valence-electron chi connectivity index (χ0n) is 13.4. The van der Waals surface area contributed by atoms with Gasteiger partial charge in [-0.1, -0.05) is 17.7 Å². The highest BCUT2D eigenvalue weighted by Gasteiger charge is 2.48. The fourth-order valence-corrected chi connectivity index (χ4v) is 3.48. The molecule has 0 atom stereocenters. The molecule has 126 valence electrons. The summed E-state index contributed by atoms with van der Waals surface area (Å²) in [6, 6.07) is 8.98. The number of aromatic hydroxyl groups is 1. The van der Waals surface area contributed by atoms with Gasteiger partial charge in [-0.25, -0.2) is 0 Å². The molecule has 0 radical (unpaired) electrons. The van der Waals surface area contributed by atoms with Crippen LogP contribution >= 0.6 is 11.6 Å². The van der Waals surface area contributed by atoms with Crippen molar-refractivity contribution in [2.24, 2.45) is 11.1 Å². The number of benzene rings is 1. The van der Waals surface area contributed by atoms with Crippen molar-refractivity contribution in [2.45, 2.75) is 19.3 Å². The van der Waals surface area contributed by atoms with Crippen molar-refractivity contribution >= 4 is 28.4 Å². The lowest BCUT2D eigenvalue weighted by Crippen LogP contribution is -2.26. The van der Waals surface area contributed by atoms with Gasteiger partial charge in [0.15, 0.2) is 5.75 Å². The van der Waals surface area contributed by atoms with Crippen LogP contribution in [0.15, 0.2) is 42.7 Å². The standard InChI is InChI=1S/C19H16ClN3O2/c20-14-9-13(17(24)16-12(14)4-2-8-23-16)15-11(3-1-7-22-15)10-19(5-6-19)18(21)25/h1-4,7-9,24H,5-6,10H2,(H2,21,25). The lowest BCUT2D eigenvalue weighted by Gasteiger charge is -2.15. The number of phenolic OH excluding ortho intramolecular Hbond substituents is 1. The highest BCUT2D eigenvalue weighted by atomic mass is 35.5. The number of phenols is 1. The fraction of sp³-hybridized carbons (Fsp3) is 0.211. The Bertz CT molecular complexity index is 999. The Balaban J connectivity index is 1.87. The maximum absolute atomic E-state index is 11.8. The topological polar surface area (TPSA) is 89.1 Å². The first-order valence-electron chi connectivity index (χ1n) is 8.02. The van der Waals surface area contributed by atoms with Crippen LogP contribution in [-0.4, -0.2) is 21.0 Å². The number of nitrogens with two attached hydrogens (primary N) is 1. The van der Waals surface area contributed by atoms with Crippen molar-refractivity contribution in [2.75, 3.05) is 0 Å². The van der Waals surface area contributed by atoms with Crippen molar-refractivity contribution < 1.29 is 9.90 Å². The summed E-state index contributed by atoms with van der Waals surface area (Å²) < 4.78 is 0. The highest BCUT2D eigenvalue weighted by molar-refractivity contribution is 6.36. The van der Waals surface area contributed by atoms with Gasteiger partial charge in [0.2, 0.25) is 5.91 Å². The molecular weight excluding hydrogens is 338 g/mol. The number of halogens is 1. The van der Waals surface area contributed by atoms with Gasteiger partial charge in [0.25, 0.3) is 0 Å². The predicted octanol–water partition coefficient (Wildman–Crippen LogP) is 3.46. The second kappa shape index (κ2) is 5.70. The summed E-state index contributed by atoms with van der Waals surface area (Å²) in [5, 5.41) is 11.9. The number of fused-ring (bicyclic) bond motifs is 1. The van der Waals surface area contributed by atoms with Gasteiger partial charge in [-0.3, -0.25) is 14.8 Å². The molecule has 3 N–H and O–H groups in total. The van der Waals surface area contributed by atoms with Gasteiger partial charge in [-0.05, 0) is 49.1 Å². The molecule has 0 aliphatic heterocycles. The first-order valence-corrected chi connectivity index (χ1v) is 8.40. The Morgan fingerprint density at radius 3 is 2.68 bits per heavy atom. The van der Waals surface area contributed by atoms with Crippen LogP contribution in [0.1, 0.15) is 18.4 Å². The van der Waals surface area contributed by atoms with E-state index in [4.69, 9.17) is 17.3 Å². The van der Waals surface area contributed by atoms with Crippen molar-refractivity contribution in [1.29, 1.82) is 0 Å². The van der Waals surface area contributed by atoms with Crippen LogP contribution in [0.4, 0.5) is 0 Å². The van der Waals surface area contributed by atoms with E-state index in [2.05, 4.69) is 9.97 Å². The number of carbonyl (C=O) groups excluding carboxylic acids is 1. The zero-order chi connectivity index (χ0) is 17.6. The van der Waals surface area contributed by atoms with Gasteiger partial charge in [0.05, 0.1) is 16.1 Å². The number of primary amides is 1. The number of rotatable bonds is 4. The minimum absolute atomic E-state index is 0.0314. The monoisotopic (exact) mass is 353 g/mol. The van der Waals surface area contributed by atoms with E-state index in [9.17, 15) is 9.90 Å². The van der Waals surface area contributed by atoms with Crippen LogP contribution in [0.3, 0.4) is 0 Å². The Morgan fingerprint density at radius 2 is 1.96 bits per heavy atom. The van der Waals surface area contributed by atoms with Crippen LogP contribution in [-0.2, 0) is 11.2 Å². The molecule has 0 bridgehead atoms. The van der Waals surface area contributed by atoms with Gasteiger partial charge in [0, 0.05) is 23.3 Å². The molecule has 0 spiro atoms. The molecule has 2 heterocycles. The third-order valence-electron chi connectivity index (χ3n) is 4.87. The normalized spacial score (nSPS) is 15.2. The number of hydrogen-bond acceptors (Lipinski definition) is 4. The molecule has 2 aromatic heterocycles. The van der Waals surface area contributed by atoms with Crippen molar-refractivity contribution in [3.05, 3.63) is 53.3 Å². The molecule has 1 fully saturated rings. The molecule has 4 rings (SSSR count). The van der Waals surface area contributed by atoms with Crippen LogP contribution in [0, 0.1) is 5.41 Å². The maximum atomic E-state index is 11.8. The summed E-state index contributed by atoms with van der Waals surface area (Å²) in [5.74, 6) is -0.256. The van der Waals surface area contributed by atoms with E-state index in [1.165, 1.54) is 0 Å². The lowest BCUT2D eigenvalue weighted by atomic mass is 9.92. The first-order chi connectivity index (χ1) is 12.0. The molecule has 6 heteroatoms. The van der Waals surface area contributed by atoms with E-state index in [1.807, 2.05) is 12.1 Å². The molecule has 0 saturated heterocycles. The van der Waals surface area contributed by atoms with Crippen LogP contribution in [0.2, 0.25) is 5.02 Å². The summed E-state index contributed by atoms with van der Waals surface area (Å²) in [6.07, 6.45) is 5.32. The smallest absolute Gasteiger partial charge is 0.223 e. The average Bonchev–Trinajstić information content (AvgIpc) is 3.40. The second-order valence-electron chi connectivity index (χ2n) is 6.49. The van der Waals surface area contributed by atoms with E-state index in [1.54, 1.807) is 30.6 Å². The Kier molecular flexibility index (Phi) is 3.62. The molecule has 0 unspecified atom stereocenters. The van der Waals surface area contributed by atoms with Crippen molar-refractivity contribution in [3.8, 4) is 17.0 Å². The minimum atomic E-state index is -0.494. The molecule has 1 saturated carbocycles. The number of pyridine rings is 2. The Hall–Kier alpha value is -2.66. The van der Waals surface area contributed by atoms with Crippen molar-refractivity contribution in [1.82, 2.24) is 9.97 Å². The minimum Gasteiger partial charge on any atom is -0.505 e. The summed E-state index contributed by atoms with van der Waals surface area (Å²) in [4.78, 5) is 20.4. The Labute approximate surface area is 149 Å². The summed E-state index contributed by atoms with van der Waals surface area (Å²) in [7, 11) is 0. The quantitative estimate of drug-likeness (QED) is 0.751. The van der Waals surface area contributed by atoms with Gasteiger partial charge in [-0.15, -0.1) is 0 Å². The lowest BCUT2D eigenvalue weighted by molar-refractivity contribution is -0.123. The third-order valence-corrected chi connectivity index (χ3v) is 5.18. The zero-order valence-corrected chi connectivity index (χ0v) is 14.1. The van der Waals surface area contributed by atoms with E-state index in [-0.39, 0.29) is 11.7 Å². The molecule has 1 amide bonds. The van der Waals surface area contributed by atoms with Crippen LogP contribution in [0.5, 0.6) is 5.75 Å². The SMILES string of the molecule is NC(=O)C1(Cc2cccnc2-c2cc(Cl)c3cccnc3c2O)CC1. The molecule has 1 aliphatic carbocycles. The van der Waals surface area contributed by atoms with Crippen LogP contribution < -0.4 is 5.73 Å². The molecule has 1 aromatic carbocycles. The average molecular weight is 354 g/mol. The van der Waals surface area contributed by atoms with Crippen molar-refractivity contribution in [3.63, 3.8) is 0 Å². The molecular formula is C19H16ClN3O2. The second-order valence-corrected chi connectivity index (χ2v) is 6.89.